The molecule has 5 heteroatoms. The molecule has 2 atom stereocenters. The highest BCUT2D eigenvalue weighted by Crippen LogP contribution is 2.38. The van der Waals surface area contributed by atoms with Crippen molar-refractivity contribution in [2.24, 2.45) is 4.99 Å². The molecule has 1 N–H and O–H groups in total. The number of carbonyl (C=O) groups is 2. The molecule has 0 saturated carbocycles. The lowest BCUT2D eigenvalue weighted by atomic mass is 9.92. The number of carboxylic acids is 1. The van der Waals surface area contributed by atoms with E-state index < -0.39 is 5.97 Å². The Hall–Kier alpha value is -3.73. The van der Waals surface area contributed by atoms with E-state index in [9.17, 15) is 14.7 Å². The van der Waals surface area contributed by atoms with Gasteiger partial charge in [-0.25, -0.2) is 9.79 Å². The summed E-state index contributed by atoms with van der Waals surface area (Å²) in [5.74, 6) is -1.18. The standard InChI is InChI=1S/C28H28N2O3/c1-3-4-12-21(17-19(2)28(32)33)30(25-16-9-11-20-10-5-6-13-22(20)25)26-18-29-27(31)24-15-8-7-14-23(24)26/h5-11,13-18,21,26H,3-4,12H2,1-2H3,(H,32,33). The molecule has 168 valence electrons. The monoisotopic (exact) mass is 440 g/mol. The Morgan fingerprint density at radius 2 is 1.82 bits per heavy atom. The molecule has 1 aliphatic heterocycles. The Kier molecular flexibility index (Phi) is 6.68. The van der Waals surface area contributed by atoms with E-state index in [1.807, 2.05) is 48.5 Å². The molecule has 3 aromatic rings. The maximum absolute atomic E-state index is 12.5. The van der Waals surface area contributed by atoms with Crippen LogP contribution in [-0.2, 0) is 4.79 Å². The molecule has 0 radical (unpaired) electrons. The van der Waals surface area contributed by atoms with Crippen molar-refractivity contribution in [1.82, 2.24) is 0 Å². The predicted octanol–water partition coefficient (Wildman–Crippen LogP) is 6.20. The normalized spacial score (nSPS) is 16.5. The van der Waals surface area contributed by atoms with E-state index in [0.29, 0.717) is 11.1 Å². The summed E-state index contributed by atoms with van der Waals surface area (Å²) in [5.41, 5.74) is 2.76. The number of hydrogen-bond acceptors (Lipinski definition) is 3. The largest absolute Gasteiger partial charge is 0.478 e. The van der Waals surface area contributed by atoms with Gasteiger partial charge < -0.3 is 10.0 Å². The van der Waals surface area contributed by atoms with Crippen molar-refractivity contribution in [3.8, 4) is 0 Å². The van der Waals surface area contributed by atoms with Crippen molar-refractivity contribution >= 4 is 34.6 Å². The summed E-state index contributed by atoms with van der Waals surface area (Å²) in [5, 5.41) is 11.8. The molecule has 2 unspecified atom stereocenters. The second-order valence-corrected chi connectivity index (χ2v) is 8.39. The summed E-state index contributed by atoms with van der Waals surface area (Å²) >= 11 is 0. The Balaban J connectivity index is 1.96. The topological polar surface area (TPSA) is 70.0 Å². The molecule has 5 nitrogen and oxygen atoms in total. The maximum atomic E-state index is 12.5. The highest BCUT2D eigenvalue weighted by atomic mass is 16.4. The summed E-state index contributed by atoms with van der Waals surface area (Å²) < 4.78 is 0. The van der Waals surface area contributed by atoms with E-state index in [-0.39, 0.29) is 18.0 Å². The lowest BCUT2D eigenvalue weighted by Gasteiger charge is -2.40. The van der Waals surface area contributed by atoms with Gasteiger partial charge in [0.25, 0.3) is 5.91 Å². The van der Waals surface area contributed by atoms with Gasteiger partial charge in [-0.3, -0.25) is 4.79 Å². The van der Waals surface area contributed by atoms with E-state index in [0.717, 1.165) is 41.3 Å². The average molecular weight is 441 g/mol. The van der Waals surface area contributed by atoms with Crippen molar-refractivity contribution in [3.63, 3.8) is 0 Å². The number of aliphatic carboxylic acids is 1. The van der Waals surface area contributed by atoms with Crippen LogP contribution in [0.2, 0.25) is 0 Å². The first-order chi connectivity index (χ1) is 16.0. The smallest absolute Gasteiger partial charge is 0.331 e. The maximum Gasteiger partial charge on any atom is 0.331 e. The van der Waals surface area contributed by atoms with E-state index >= 15 is 0 Å². The fourth-order valence-corrected chi connectivity index (χ4v) is 4.50. The number of fused-ring (bicyclic) bond motifs is 2. The molecule has 0 bridgehead atoms. The highest BCUT2D eigenvalue weighted by molar-refractivity contribution is 6.06. The molecular formula is C28H28N2O3. The lowest BCUT2D eigenvalue weighted by molar-refractivity contribution is -0.132. The van der Waals surface area contributed by atoms with Crippen LogP contribution in [-0.4, -0.2) is 29.2 Å². The highest BCUT2D eigenvalue weighted by Gasteiger charge is 2.32. The van der Waals surface area contributed by atoms with Crippen LogP contribution < -0.4 is 4.90 Å². The number of carboxylic acid groups (broad SMARTS) is 1. The number of aliphatic imine (C=N–C) groups is 1. The van der Waals surface area contributed by atoms with Gasteiger partial charge >= 0.3 is 5.97 Å². The number of hydrogen-bond donors (Lipinski definition) is 1. The van der Waals surface area contributed by atoms with E-state index in [1.165, 1.54) is 0 Å². The van der Waals surface area contributed by atoms with Crippen LogP contribution >= 0.6 is 0 Å². The molecule has 0 aromatic heterocycles. The summed E-state index contributed by atoms with van der Waals surface area (Å²) in [6, 6.07) is 21.4. The van der Waals surface area contributed by atoms with Gasteiger partial charge in [0.1, 0.15) is 0 Å². The molecule has 3 aromatic carbocycles. The van der Waals surface area contributed by atoms with Crippen LogP contribution in [0.1, 0.15) is 55.1 Å². The van der Waals surface area contributed by atoms with Gasteiger partial charge in [0.15, 0.2) is 0 Å². The quantitative estimate of drug-likeness (QED) is 0.423. The Morgan fingerprint density at radius 1 is 1.09 bits per heavy atom. The van der Waals surface area contributed by atoms with E-state index in [4.69, 9.17) is 0 Å². The van der Waals surface area contributed by atoms with Gasteiger partial charge in [-0.05, 0) is 36.4 Å². The SMILES string of the molecule is CCCCC(C=C(C)C(=O)O)N(c1cccc2ccccc12)C1C=NC(=O)c2ccccc21. The number of carbonyl (C=O) groups excluding carboxylic acids is 1. The van der Waals surface area contributed by atoms with Crippen LogP contribution in [0.5, 0.6) is 0 Å². The molecule has 0 fully saturated rings. The van der Waals surface area contributed by atoms with Gasteiger partial charge in [-0.2, -0.15) is 0 Å². The molecule has 1 heterocycles. The average Bonchev–Trinajstić information content (AvgIpc) is 2.84. The molecule has 0 saturated heterocycles. The minimum atomic E-state index is -0.928. The minimum absolute atomic E-state index is 0.190. The van der Waals surface area contributed by atoms with Crippen LogP contribution in [0.4, 0.5) is 5.69 Å². The van der Waals surface area contributed by atoms with Crippen molar-refractivity contribution in [1.29, 1.82) is 0 Å². The summed E-state index contributed by atoms with van der Waals surface area (Å²) in [4.78, 5) is 30.7. The summed E-state index contributed by atoms with van der Waals surface area (Å²) in [6.07, 6.45) is 6.26. The lowest BCUT2D eigenvalue weighted by Crippen LogP contribution is -2.40. The number of nitrogens with zero attached hydrogens (tertiary/aromatic N) is 2. The van der Waals surface area contributed by atoms with Gasteiger partial charge in [0.2, 0.25) is 0 Å². The molecule has 33 heavy (non-hydrogen) atoms. The molecule has 0 spiro atoms. The van der Waals surface area contributed by atoms with Crippen LogP contribution in [0, 0.1) is 0 Å². The first-order valence-electron chi connectivity index (χ1n) is 11.4. The number of rotatable bonds is 8. The van der Waals surface area contributed by atoms with Crippen LogP contribution in [0.3, 0.4) is 0 Å². The third-order valence-electron chi connectivity index (χ3n) is 6.18. The third-order valence-corrected chi connectivity index (χ3v) is 6.18. The molecule has 0 aliphatic carbocycles. The van der Waals surface area contributed by atoms with Crippen molar-refractivity contribution in [2.75, 3.05) is 4.90 Å². The zero-order valence-corrected chi connectivity index (χ0v) is 18.9. The zero-order valence-electron chi connectivity index (χ0n) is 18.9. The van der Waals surface area contributed by atoms with Crippen molar-refractivity contribution < 1.29 is 14.7 Å². The second kappa shape index (κ2) is 9.82. The van der Waals surface area contributed by atoms with Gasteiger partial charge in [0, 0.05) is 34.5 Å². The Bertz CT molecular complexity index is 1240. The summed E-state index contributed by atoms with van der Waals surface area (Å²) in [7, 11) is 0. The Labute approximate surface area is 194 Å². The first-order valence-corrected chi connectivity index (χ1v) is 11.4. The molecule has 1 aliphatic rings. The van der Waals surface area contributed by atoms with Crippen molar-refractivity contribution in [2.45, 2.75) is 45.2 Å². The number of benzene rings is 3. The van der Waals surface area contributed by atoms with Gasteiger partial charge in [-0.15, -0.1) is 0 Å². The van der Waals surface area contributed by atoms with Crippen LogP contribution in [0.25, 0.3) is 10.8 Å². The number of unbranched alkanes of at least 4 members (excludes halogenated alkanes) is 1. The minimum Gasteiger partial charge on any atom is -0.478 e. The fraction of sp³-hybridized carbons (Fsp3) is 0.250. The second-order valence-electron chi connectivity index (χ2n) is 8.39. The fourth-order valence-electron chi connectivity index (χ4n) is 4.50. The first kappa shape index (κ1) is 22.5. The van der Waals surface area contributed by atoms with Gasteiger partial charge in [0.05, 0.1) is 6.04 Å². The Morgan fingerprint density at radius 3 is 2.61 bits per heavy atom. The molecule has 4 rings (SSSR count). The number of anilines is 1. The van der Waals surface area contributed by atoms with Gasteiger partial charge in [-0.1, -0.05) is 80.4 Å². The third kappa shape index (κ3) is 4.58. The van der Waals surface area contributed by atoms with E-state index in [1.54, 1.807) is 13.1 Å². The van der Waals surface area contributed by atoms with E-state index in [2.05, 4.69) is 41.1 Å². The summed E-state index contributed by atoms with van der Waals surface area (Å²) in [6.45, 7) is 3.76. The number of amides is 1. The van der Waals surface area contributed by atoms with Crippen LogP contribution in [0.15, 0.2) is 83.4 Å². The molecule has 1 amide bonds. The molecular weight excluding hydrogens is 412 g/mol. The van der Waals surface area contributed by atoms with Crippen molar-refractivity contribution in [3.05, 3.63) is 89.5 Å². The predicted molar refractivity (Wildman–Crippen MR) is 133 cm³/mol. The zero-order chi connectivity index (χ0) is 23.4.